The van der Waals surface area contributed by atoms with Gasteiger partial charge in [0.2, 0.25) is 0 Å². The molecule has 3 heteroatoms. The Kier molecular flexibility index (Phi) is 8.63. The Morgan fingerprint density at radius 2 is 1.42 bits per heavy atom. The SMILES string of the molecule is CCC[CH2][Sn]([CH2]CCC)([CH2]CCC)[c]1cc(C)ns1. The monoisotopic (exact) mass is 389 g/mol. The Balaban J connectivity index is 2.93. The van der Waals surface area contributed by atoms with Crippen LogP contribution < -0.4 is 2.89 Å². The predicted octanol–water partition coefficient (Wildman–Crippen LogP) is 5.51. The molecule has 0 saturated carbocycles. The molecule has 0 aliphatic heterocycles. The van der Waals surface area contributed by atoms with E-state index in [2.05, 4.69) is 38.1 Å². The van der Waals surface area contributed by atoms with Crippen molar-refractivity contribution in [2.45, 2.75) is 79.5 Å². The van der Waals surface area contributed by atoms with Crippen molar-refractivity contribution in [1.82, 2.24) is 4.37 Å². The molecule has 0 atom stereocenters. The maximum atomic E-state index is 4.60. The van der Waals surface area contributed by atoms with E-state index in [-0.39, 0.29) is 0 Å². The summed E-state index contributed by atoms with van der Waals surface area (Å²) in [6.45, 7) is 9.19. The van der Waals surface area contributed by atoms with Crippen molar-refractivity contribution in [3.63, 3.8) is 0 Å². The average Bonchev–Trinajstić information content (AvgIpc) is 2.85. The first-order valence-corrected chi connectivity index (χ1v) is 16.4. The summed E-state index contributed by atoms with van der Waals surface area (Å²) in [5.74, 6) is 0. The van der Waals surface area contributed by atoms with E-state index in [0.29, 0.717) is 0 Å². The molecule has 1 aromatic rings. The second-order valence-electron chi connectivity index (χ2n) is 5.92. The molecule has 0 aromatic carbocycles. The van der Waals surface area contributed by atoms with E-state index in [1.807, 2.05) is 11.5 Å². The number of hydrogen-bond donors (Lipinski definition) is 0. The molecule has 0 radical (unpaired) electrons. The van der Waals surface area contributed by atoms with Crippen LogP contribution in [0.4, 0.5) is 0 Å². The van der Waals surface area contributed by atoms with E-state index in [0.717, 1.165) is 0 Å². The standard InChI is InChI=1S/C4H4NS.3C4H9.Sn/c1-4-2-3-6-5-4;3*1-3-4-2;/h2H,1H3;3*1,3-4H2,2H3;. The van der Waals surface area contributed by atoms with Gasteiger partial charge in [-0.15, -0.1) is 0 Å². The zero-order chi connectivity index (χ0) is 14.1. The van der Waals surface area contributed by atoms with Gasteiger partial charge >= 0.3 is 128 Å². The van der Waals surface area contributed by atoms with Crippen molar-refractivity contribution in [3.05, 3.63) is 11.8 Å². The van der Waals surface area contributed by atoms with Crippen molar-refractivity contribution >= 4 is 32.8 Å². The van der Waals surface area contributed by atoms with Gasteiger partial charge in [-0.3, -0.25) is 0 Å². The summed E-state index contributed by atoms with van der Waals surface area (Å²) in [6, 6.07) is 2.45. The van der Waals surface area contributed by atoms with E-state index in [1.165, 1.54) is 44.2 Å². The van der Waals surface area contributed by atoms with Crippen molar-refractivity contribution in [3.8, 4) is 0 Å². The first-order chi connectivity index (χ1) is 9.18. The number of rotatable bonds is 10. The predicted molar refractivity (Wildman–Crippen MR) is 91.4 cm³/mol. The molecule has 0 unspecified atom stereocenters. The molecule has 1 heterocycles. The molecule has 0 N–H and O–H groups in total. The topological polar surface area (TPSA) is 12.9 Å². The fourth-order valence-corrected chi connectivity index (χ4v) is 22.3. The van der Waals surface area contributed by atoms with Crippen LogP contribution in [0.5, 0.6) is 0 Å². The van der Waals surface area contributed by atoms with Crippen LogP contribution in [-0.2, 0) is 0 Å². The van der Waals surface area contributed by atoms with Gasteiger partial charge in [-0.25, -0.2) is 0 Å². The van der Waals surface area contributed by atoms with E-state index in [1.54, 1.807) is 16.2 Å². The molecular weight excluding hydrogens is 357 g/mol. The van der Waals surface area contributed by atoms with E-state index >= 15 is 0 Å². The maximum absolute atomic E-state index is 4.60. The average molecular weight is 388 g/mol. The molecule has 1 aromatic heterocycles. The first-order valence-electron chi connectivity index (χ1n) is 8.12. The quantitative estimate of drug-likeness (QED) is 0.482. The van der Waals surface area contributed by atoms with Crippen molar-refractivity contribution in [1.29, 1.82) is 0 Å². The Labute approximate surface area is 128 Å². The van der Waals surface area contributed by atoms with Gasteiger partial charge in [0.05, 0.1) is 0 Å². The molecule has 0 fully saturated rings. The third-order valence-corrected chi connectivity index (χ3v) is 23.2. The van der Waals surface area contributed by atoms with Crippen LogP contribution in [0.3, 0.4) is 0 Å². The van der Waals surface area contributed by atoms with Gasteiger partial charge < -0.3 is 0 Å². The number of unbranched alkanes of at least 4 members (excludes halogenated alkanes) is 3. The Morgan fingerprint density at radius 3 is 1.74 bits per heavy atom. The Hall–Kier alpha value is 0.429. The summed E-state index contributed by atoms with van der Waals surface area (Å²) in [7, 11) is 0. The number of aromatic nitrogens is 1. The third-order valence-electron chi connectivity index (χ3n) is 4.18. The molecule has 0 aliphatic carbocycles. The molecule has 0 bridgehead atoms. The van der Waals surface area contributed by atoms with E-state index in [4.69, 9.17) is 0 Å². The van der Waals surface area contributed by atoms with Crippen LogP contribution in [-0.4, -0.2) is 22.8 Å². The van der Waals surface area contributed by atoms with Gasteiger partial charge in [0.25, 0.3) is 0 Å². The molecule has 0 amide bonds. The minimum atomic E-state index is -2.12. The van der Waals surface area contributed by atoms with Gasteiger partial charge in [0, 0.05) is 0 Å². The molecule has 1 rings (SSSR count). The summed E-state index contributed by atoms with van der Waals surface area (Å²) in [5.41, 5.74) is 1.26. The van der Waals surface area contributed by atoms with Crippen LogP contribution in [0.1, 0.15) is 65.0 Å². The Bertz CT molecular complexity index is 326. The fraction of sp³-hybridized carbons (Fsp3) is 0.812. The van der Waals surface area contributed by atoms with Gasteiger partial charge in [-0.1, -0.05) is 0 Å². The number of hydrogen-bond acceptors (Lipinski definition) is 2. The molecule has 19 heavy (non-hydrogen) atoms. The van der Waals surface area contributed by atoms with E-state index in [9.17, 15) is 0 Å². The fourth-order valence-electron chi connectivity index (χ4n) is 2.90. The van der Waals surface area contributed by atoms with Crippen molar-refractivity contribution in [2.75, 3.05) is 0 Å². The number of aryl methyl sites for hydroxylation is 1. The summed E-state index contributed by atoms with van der Waals surface area (Å²) < 4.78 is 11.1. The van der Waals surface area contributed by atoms with Crippen molar-refractivity contribution < 1.29 is 0 Å². The van der Waals surface area contributed by atoms with Gasteiger partial charge in [0.15, 0.2) is 0 Å². The zero-order valence-corrected chi connectivity index (χ0v) is 17.0. The molecule has 0 aliphatic rings. The molecule has 0 saturated heterocycles. The molecule has 0 spiro atoms. The summed E-state index contributed by atoms with van der Waals surface area (Å²) in [5, 5.41) is 0. The van der Waals surface area contributed by atoms with Crippen LogP contribution in [0.15, 0.2) is 6.07 Å². The van der Waals surface area contributed by atoms with Crippen LogP contribution >= 0.6 is 11.5 Å². The number of nitrogens with zero attached hydrogens (tertiary/aromatic N) is 1. The summed E-state index contributed by atoms with van der Waals surface area (Å²) in [6.07, 6.45) is 8.40. The zero-order valence-electron chi connectivity index (χ0n) is 13.3. The first kappa shape index (κ1) is 17.5. The van der Waals surface area contributed by atoms with Gasteiger partial charge in [-0.05, 0) is 0 Å². The second kappa shape index (κ2) is 9.38. The normalized spacial score (nSPS) is 12.0. The molecular formula is C16H31NSSn. The van der Waals surface area contributed by atoms with Crippen molar-refractivity contribution in [2.24, 2.45) is 0 Å². The van der Waals surface area contributed by atoms with E-state index < -0.39 is 18.4 Å². The minimum absolute atomic E-state index is 1.26. The Morgan fingerprint density at radius 1 is 0.947 bits per heavy atom. The van der Waals surface area contributed by atoms with Crippen LogP contribution in [0.2, 0.25) is 13.3 Å². The van der Waals surface area contributed by atoms with Crippen LogP contribution in [0.25, 0.3) is 0 Å². The third kappa shape index (κ3) is 5.37. The van der Waals surface area contributed by atoms with Gasteiger partial charge in [-0.2, -0.15) is 0 Å². The second-order valence-corrected chi connectivity index (χ2v) is 20.9. The summed E-state index contributed by atoms with van der Waals surface area (Å²) >= 11 is -0.268. The van der Waals surface area contributed by atoms with Gasteiger partial charge in [0.1, 0.15) is 0 Å². The van der Waals surface area contributed by atoms with Crippen LogP contribution in [0, 0.1) is 6.92 Å². The molecule has 1 nitrogen and oxygen atoms in total. The summed E-state index contributed by atoms with van der Waals surface area (Å²) in [4.78, 5) is 0. The molecule has 110 valence electrons.